The summed E-state index contributed by atoms with van der Waals surface area (Å²) in [5.74, 6) is -0.292. The molecule has 2 fully saturated rings. The summed E-state index contributed by atoms with van der Waals surface area (Å²) in [7, 11) is 0. The van der Waals surface area contributed by atoms with Crippen LogP contribution in [0.15, 0.2) is 11.4 Å². The summed E-state index contributed by atoms with van der Waals surface area (Å²) in [5.41, 5.74) is 7.37. The molecule has 3 rings (SSSR count). The molecule has 106 valence electrons. The van der Waals surface area contributed by atoms with Crippen LogP contribution in [-0.4, -0.2) is 43.5 Å². The number of hydrogen-bond acceptors (Lipinski definition) is 5. The number of hydrogen-bond donors (Lipinski definition) is 1. The zero-order valence-electron chi connectivity index (χ0n) is 11.4. The van der Waals surface area contributed by atoms with Crippen LogP contribution in [0.25, 0.3) is 0 Å². The molecule has 1 spiro atoms. The Balaban J connectivity index is 1.68. The van der Waals surface area contributed by atoms with Crippen molar-refractivity contribution in [2.24, 2.45) is 5.73 Å². The topological polar surface area (TPSA) is 47.7 Å². The summed E-state index contributed by atoms with van der Waals surface area (Å²) in [4.78, 5) is 3.89. The first-order valence-corrected chi connectivity index (χ1v) is 7.88. The number of piperidine rings is 1. The van der Waals surface area contributed by atoms with Gasteiger partial charge >= 0.3 is 0 Å². The SMILES string of the molecule is Cc1ccsc1C(CN)N1CCC2(CC1)OCCO2. The minimum atomic E-state index is -0.292. The van der Waals surface area contributed by atoms with Gasteiger partial charge < -0.3 is 15.2 Å². The molecule has 1 unspecified atom stereocenters. The van der Waals surface area contributed by atoms with Crippen molar-refractivity contribution in [1.29, 1.82) is 0 Å². The van der Waals surface area contributed by atoms with Crippen molar-refractivity contribution in [2.75, 3.05) is 32.8 Å². The maximum Gasteiger partial charge on any atom is 0.170 e. The fourth-order valence-electron chi connectivity index (χ4n) is 3.11. The van der Waals surface area contributed by atoms with Crippen LogP contribution in [0.4, 0.5) is 0 Å². The Hall–Kier alpha value is -0.460. The quantitative estimate of drug-likeness (QED) is 0.920. The monoisotopic (exact) mass is 282 g/mol. The van der Waals surface area contributed by atoms with E-state index in [4.69, 9.17) is 15.2 Å². The van der Waals surface area contributed by atoms with Crippen LogP contribution < -0.4 is 5.73 Å². The van der Waals surface area contributed by atoms with E-state index in [9.17, 15) is 0 Å². The Morgan fingerprint density at radius 3 is 2.58 bits per heavy atom. The van der Waals surface area contributed by atoms with Crippen LogP contribution in [0, 0.1) is 6.92 Å². The molecule has 5 heteroatoms. The molecule has 1 atom stereocenters. The summed E-state index contributed by atoms with van der Waals surface area (Å²) < 4.78 is 11.6. The Morgan fingerprint density at radius 2 is 2.05 bits per heavy atom. The van der Waals surface area contributed by atoms with E-state index >= 15 is 0 Å². The van der Waals surface area contributed by atoms with Crippen molar-refractivity contribution in [3.63, 3.8) is 0 Å². The highest BCUT2D eigenvalue weighted by molar-refractivity contribution is 7.10. The van der Waals surface area contributed by atoms with E-state index in [1.54, 1.807) is 0 Å². The van der Waals surface area contributed by atoms with Crippen LogP contribution in [0.3, 0.4) is 0 Å². The second kappa shape index (κ2) is 5.50. The largest absolute Gasteiger partial charge is 0.347 e. The van der Waals surface area contributed by atoms with Gasteiger partial charge in [0.15, 0.2) is 5.79 Å². The number of ether oxygens (including phenoxy) is 2. The number of aryl methyl sites for hydroxylation is 1. The Morgan fingerprint density at radius 1 is 1.37 bits per heavy atom. The van der Waals surface area contributed by atoms with E-state index in [1.807, 2.05) is 11.3 Å². The van der Waals surface area contributed by atoms with E-state index in [0.29, 0.717) is 12.6 Å². The second-order valence-electron chi connectivity index (χ2n) is 5.36. The van der Waals surface area contributed by atoms with Gasteiger partial charge in [-0.15, -0.1) is 11.3 Å². The van der Waals surface area contributed by atoms with Crippen LogP contribution in [-0.2, 0) is 9.47 Å². The molecule has 0 amide bonds. The third kappa shape index (κ3) is 2.58. The molecule has 2 saturated heterocycles. The van der Waals surface area contributed by atoms with Gasteiger partial charge in [-0.3, -0.25) is 4.90 Å². The summed E-state index contributed by atoms with van der Waals surface area (Å²) >= 11 is 1.82. The lowest BCUT2D eigenvalue weighted by molar-refractivity contribution is -0.187. The van der Waals surface area contributed by atoms with Gasteiger partial charge in [0, 0.05) is 37.4 Å². The summed E-state index contributed by atoms with van der Waals surface area (Å²) in [6.07, 6.45) is 1.90. The Kier molecular flexibility index (Phi) is 3.91. The zero-order chi connectivity index (χ0) is 13.3. The molecule has 2 N–H and O–H groups in total. The third-order valence-electron chi connectivity index (χ3n) is 4.24. The molecule has 0 aliphatic carbocycles. The molecule has 0 aromatic carbocycles. The predicted molar refractivity (Wildman–Crippen MR) is 76.3 cm³/mol. The normalized spacial score (nSPS) is 24.9. The summed E-state index contributed by atoms with van der Waals surface area (Å²) in [6, 6.07) is 2.52. The average Bonchev–Trinajstić information content (AvgIpc) is 3.04. The molecular formula is C14H22N2O2S. The highest BCUT2D eigenvalue weighted by Gasteiger charge is 2.41. The van der Waals surface area contributed by atoms with Crippen molar-refractivity contribution in [2.45, 2.75) is 31.6 Å². The maximum atomic E-state index is 6.01. The van der Waals surface area contributed by atoms with Gasteiger partial charge in [-0.25, -0.2) is 0 Å². The van der Waals surface area contributed by atoms with Gasteiger partial charge in [-0.05, 0) is 23.9 Å². The molecule has 1 aromatic rings. The summed E-state index contributed by atoms with van der Waals surface area (Å²) in [5, 5.41) is 2.15. The predicted octanol–water partition coefficient (Wildman–Crippen LogP) is 1.90. The minimum Gasteiger partial charge on any atom is -0.347 e. The van der Waals surface area contributed by atoms with E-state index in [0.717, 1.165) is 39.1 Å². The summed E-state index contributed by atoms with van der Waals surface area (Å²) in [6.45, 7) is 6.33. The lowest BCUT2D eigenvalue weighted by Gasteiger charge is -2.41. The van der Waals surface area contributed by atoms with Crippen LogP contribution in [0.1, 0.15) is 29.3 Å². The molecule has 1 aromatic heterocycles. The Bertz CT molecular complexity index is 419. The van der Waals surface area contributed by atoms with Crippen molar-refractivity contribution < 1.29 is 9.47 Å². The number of nitrogens with zero attached hydrogens (tertiary/aromatic N) is 1. The second-order valence-corrected chi connectivity index (χ2v) is 6.31. The molecule has 0 radical (unpaired) electrons. The van der Waals surface area contributed by atoms with Gasteiger partial charge in [0.1, 0.15) is 0 Å². The third-order valence-corrected chi connectivity index (χ3v) is 5.36. The highest BCUT2D eigenvalue weighted by Crippen LogP contribution is 2.36. The first-order valence-electron chi connectivity index (χ1n) is 7.00. The lowest BCUT2D eigenvalue weighted by atomic mass is 10.0. The first-order chi connectivity index (χ1) is 9.24. The molecule has 4 nitrogen and oxygen atoms in total. The molecular weight excluding hydrogens is 260 g/mol. The average molecular weight is 282 g/mol. The van der Waals surface area contributed by atoms with Gasteiger partial charge in [-0.1, -0.05) is 0 Å². The fraction of sp³-hybridized carbons (Fsp3) is 0.714. The Labute approximate surface area is 118 Å². The van der Waals surface area contributed by atoms with Gasteiger partial charge in [0.25, 0.3) is 0 Å². The van der Waals surface area contributed by atoms with Crippen molar-refractivity contribution in [1.82, 2.24) is 4.90 Å². The number of likely N-dealkylation sites (tertiary alicyclic amines) is 1. The fourth-order valence-corrected chi connectivity index (χ4v) is 4.18. The minimum absolute atomic E-state index is 0.292. The number of rotatable bonds is 3. The highest BCUT2D eigenvalue weighted by atomic mass is 32.1. The maximum absolute atomic E-state index is 6.01. The molecule has 19 heavy (non-hydrogen) atoms. The van der Waals surface area contributed by atoms with Crippen molar-refractivity contribution in [3.8, 4) is 0 Å². The van der Waals surface area contributed by atoms with Crippen molar-refractivity contribution >= 4 is 11.3 Å². The van der Waals surface area contributed by atoms with Crippen LogP contribution in [0.2, 0.25) is 0 Å². The molecule has 2 aliphatic rings. The van der Waals surface area contributed by atoms with E-state index in [-0.39, 0.29) is 5.79 Å². The smallest absolute Gasteiger partial charge is 0.170 e. The van der Waals surface area contributed by atoms with E-state index in [1.165, 1.54) is 10.4 Å². The number of nitrogens with two attached hydrogens (primary N) is 1. The molecule has 0 bridgehead atoms. The first kappa shape index (κ1) is 13.5. The molecule has 2 aliphatic heterocycles. The van der Waals surface area contributed by atoms with Gasteiger partial charge in [-0.2, -0.15) is 0 Å². The molecule has 0 saturated carbocycles. The van der Waals surface area contributed by atoms with Crippen LogP contribution in [0.5, 0.6) is 0 Å². The van der Waals surface area contributed by atoms with Gasteiger partial charge in [0.05, 0.1) is 19.3 Å². The number of thiophene rings is 1. The van der Waals surface area contributed by atoms with E-state index in [2.05, 4.69) is 23.3 Å². The van der Waals surface area contributed by atoms with E-state index < -0.39 is 0 Å². The zero-order valence-corrected chi connectivity index (χ0v) is 12.2. The van der Waals surface area contributed by atoms with Crippen molar-refractivity contribution in [3.05, 3.63) is 21.9 Å². The molecule has 3 heterocycles. The standard InChI is InChI=1S/C14H22N2O2S/c1-11-2-9-19-13(11)12(10-15)16-5-3-14(4-6-16)17-7-8-18-14/h2,9,12H,3-8,10,15H2,1H3. The lowest BCUT2D eigenvalue weighted by Crippen LogP contribution is -2.47. The van der Waals surface area contributed by atoms with Crippen LogP contribution >= 0.6 is 11.3 Å². The van der Waals surface area contributed by atoms with Gasteiger partial charge in [0.2, 0.25) is 0 Å².